The van der Waals surface area contributed by atoms with Crippen LogP contribution in [0.25, 0.3) is 0 Å². The van der Waals surface area contributed by atoms with E-state index in [1.54, 1.807) is 0 Å². The van der Waals surface area contributed by atoms with E-state index >= 15 is 9.59 Å². The summed E-state index contributed by atoms with van der Waals surface area (Å²) in [4.78, 5) is 44.5. The summed E-state index contributed by atoms with van der Waals surface area (Å²) in [6, 6.07) is 23.9. The number of unbranched alkanes of at least 4 members (excludes halogenated alkanes) is 3. The summed E-state index contributed by atoms with van der Waals surface area (Å²) in [6.45, 7) is 17.8. The van der Waals surface area contributed by atoms with E-state index in [4.69, 9.17) is 23.1 Å². The second-order valence-corrected chi connectivity index (χ2v) is 28.6. The lowest BCUT2D eigenvalue weighted by atomic mass is 9.60. The van der Waals surface area contributed by atoms with Gasteiger partial charge in [0.15, 0.2) is 14.1 Å². The van der Waals surface area contributed by atoms with Crippen molar-refractivity contribution in [1.29, 1.82) is 0 Å². The number of esters is 2. The molecule has 1 unspecified atom stereocenters. The molecule has 0 radical (unpaired) electrons. The summed E-state index contributed by atoms with van der Waals surface area (Å²) in [5, 5.41) is 1.98. The fraction of sp³-hybridized carbons (Fsp3) is 0.604. The Labute approximate surface area is 380 Å². The molecule has 0 N–H and O–H groups in total. The largest absolute Gasteiger partial charge is 0.468 e. The van der Waals surface area contributed by atoms with Crippen LogP contribution in [0.1, 0.15) is 120 Å². The van der Waals surface area contributed by atoms with Gasteiger partial charge in [0.05, 0.1) is 30.7 Å². The minimum absolute atomic E-state index is 0.0141. The highest BCUT2D eigenvalue weighted by Gasteiger charge is 2.75. The van der Waals surface area contributed by atoms with Gasteiger partial charge in [-0.25, -0.2) is 0 Å². The molecule has 8 atom stereocenters. The van der Waals surface area contributed by atoms with Crippen molar-refractivity contribution in [3.05, 3.63) is 96.6 Å². The van der Waals surface area contributed by atoms with Crippen LogP contribution in [0.15, 0.2) is 96.6 Å². The normalized spacial score (nSPS) is 27.6. The van der Waals surface area contributed by atoms with Gasteiger partial charge >= 0.3 is 11.9 Å². The van der Waals surface area contributed by atoms with Crippen LogP contribution in [0.5, 0.6) is 0 Å². The first-order valence-corrected chi connectivity index (χ1v) is 28.6. The van der Waals surface area contributed by atoms with Gasteiger partial charge in [-0.3, -0.25) is 14.4 Å². The third-order valence-electron chi connectivity index (χ3n) is 15.3. The van der Waals surface area contributed by atoms with Crippen molar-refractivity contribution < 1.29 is 37.4 Å². The molecule has 344 valence electrons. The number of Topliss-reactive ketones (excluding diaryl/α,β-unsaturated/α-hetero) is 1. The van der Waals surface area contributed by atoms with Gasteiger partial charge in [-0.2, -0.15) is 0 Å². The number of carbonyl (C=O) groups excluding carboxylic acids is 3. The van der Waals surface area contributed by atoms with Crippen LogP contribution in [0.4, 0.5) is 0 Å². The number of rotatable bonds is 22. The van der Waals surface area contributed by atoms with E-state index in [0.29, 0.717) is 12.0 Å². The molecule has 8 nitrogen and oxygen atoms in total. The molecule has 3 fully saturated rings. The molecule has 2 aromatic rings. The highest BCUT2D eigenvalue weighted by molar-refractivity contribution is 6.99. The Balaban J connectivity index is 1.48. The van der Waals surface area contributed by atoms with Gasteiger partial charge in [-0.1, -0.05) is 145 Å². The van der Waals surface area contributed by atoms with Crippen LogP contribution in [-0.2, 0) is 37.4 Å². The monoisotopic (exact) mass is 897 g/mol. The van der Waals surface area contributed by atoms with Crippen molar-refractivity contribution in [1.82, 2.24) is 0 Å². The highest BCUT2D eigenvalue weighted by Crippen LogP contribution is 2.66. The second-order valence-electron chi connectivity index (χ2n) is 19.6. The Morgan fingerprint density at radius 3 is 2.08 bits per heavy atom. The van der Waals surface area contributed by atoms with E-state index in [1.807, 2.05) is 19.1 Å². The van der Waals surface area contributed by atoms with Gasteiger partial charge in [0, 0.05) is 12.2 Å². The fourth-order valence-electron chi connectivity index (χ4n) is 11.8. The van der Waals surface area contributed by atoms with Crippen LogP contribution in [0.2, 0.25) is 23.2 Å². The average Bonchev–Trinajstić information content (AvgIpc) is 3.47. The number of carbonyl (C=O) groups is 3. The Bertz CT molecular complexity index is 1900. The third kappa shape index (κ3) is 9.36. The molecule has 2 heterocycles. The van der Waals surface area contributed by atoms with Crippen LogP contribution in [-0.4, -0.2) is 66.1 Å². The summed E-state index contributed by atoms with van der Waals surface area (Å²) in [5.74, 6) is -5.12. The van der Waals surface area contributed by atoms with Crippen molar-refractivity contribution in [2.75, 3.05) is 13.7 Å². The molecular formula is C53H76O8Si2. The molecule has 1 saturated carbocycles. The third-order valence-corrected chi connectivity index (χ3v) is 25.0. The van der Waals surface area contributed by atoms with E-state index < -0.39 is 57.7 Å². The van der Waals surface area contributed by atoms with Gasteiger partial charge in [-0.05, 0) is 111 Å². The van der Waals surface area contributed by atoms with Crippen LogP contribution in [0.3, 0.4) is 0 Å². The summed E-state index contributed by atoms with van der Waals surface area (Å²) in [5.41, 5.74) is -0.630. The molecule has 5 bridgehead atoms. The van der Waals surface area contributed by atoms with Crippen molar-refractivity contribution in [2.45, 2.75) is 161 Å². The summed E-state index contributed by atoms with van der Waals surface area (Å²) in [6.07, 6.45) is 17.6. The molecule has 6 rings (SSSR count). The van der Waals surface area contributed by atoms with Crippen molar-refractivity contribution in [3.8, 4) is 0 Å². The molecule has 2 saturated heterocycles. The maximum Gasteiger partial charge on any atom is 0.319 e. The maximum atomic E-state index is 15.3. The molecule has 4 aliphatic rings. The zero-order valence-corrected chi connectivity index (χ0v) is 41.8. The van der Waals surface area contributed by atoms with Gasteiger partial charge in [0.25, 0.3) is 8.32 Å². The Kier molecular flexibility index (Phi) is 16.2. The van der Waals surface area contributed by atoms with Crippen molar-refractivity contribution in [2.24, 2.45) is 29.1 Å². The average molecular weight is 897 g/mol. The minimum Gasteiger partial charge on any atom is -0.468 e. The molecular weight excluding hydrogens is 821 g/mol. The van der Waals surface area contributed by atoms with E-state index in [1.165, 1.54) is 7.11 Å². The molecule has 10 heteroatoms. The van der Waals surface area contributed by atoms with Gasteiger partial charge in [-0.15, -0.1) is 0 Å². The number of allylic oxidation sites excluding steroid dienone is 5. The number of benzene rings is 2. The zero-order chi connectivity index (χ0) is 45.5. The lowest BCUT2D eigenvalue weighted by Crippen LogP contribution is -2.66. The molecule has 63 heavy (non-hydrogen) atoms. The molecule has 0 amide bonds. The Morgan fingerprint density at radius 2 is 1.51 bits per heavy atom. The number of ketones is 1. The first-order valence-electron chi connectivity index (χ1n) is 24.2. The molecule has 2 aliphatic heterocycles. The maximum absolute atomic E-state index is 15.3. The fourth-order valence-corrected chi connectivity index (χ4v) is 19.3. The van der Waals surface area contributed by atoms with Crippen molar-refractivity contribution >= 4 is 44.7 Å². The van der Waals surface area contributed by atoms with Gasteiger partial charge in [0.1, 0.15) is 5.92 Å². The summed E-state index contributed by atoms with van der Waals surface area (Å²) >= 11 is 0. The van der Waals surface area contributed by atoms with Crippen molar-refractivity contribution in [3.63, 3.8) is 0 Å². The lowest BCUT2D eigenvalue weighted by molar-refractivity contribution is -0.287. The number of methoxy groups -OCH3 is 1. The first-order chi connectivity index (χ1) is 30.3. The van der Waals surface area contributed by atoms with E-state index in [0.717, 1.165) is 73.5 Å². The molecule has 0 aromatic heterocycles. The first kappa shape index (κ1) is 49.0. The van der Waals surface area contributed by atoms with Gasteiger partial charge < -0.3 is 23.1 Å². The molecule has 2 aliphatic carbocycles. The SMILES string of the molecule is C/C=C/CCCCC[C@H]1C=C2[C@]3(CCO[Si](c4ccccc4)(c4ccccc4)C(C)(C)C)CC(C(=O)OC)C(=O)[C@H]4[C@H]1C[C@H]([C@H](CC/C=C/C)O[Si](CC)(CC)CC)O[C@]24OC3=O. The summed E-state index contributed by atoms with van der Waals surface area (Å²) in [7, 11) is -3.82. The predicted molar refractivity (Wildman–Crippen MR) is 257 cm³/mol. The number of hydrogen-bond donors (Lipinski definition) is 0. The predicted octanol–water partition coefficient (Wildman–Crippen LogP) is 10.8. The van der Waals surface area contributed by atoms with E-state index in [-0.39, 0.29) is 48.2 Å². The second kappa shape index (κ2) is 20.8. The van der Waals surface area contributed by atoms with Gasteiger partial charge in [0.2, 0.25) is 5.79 Å². The quantitative estimate of drug-likeness (QED) is 0.0379. The number of ether oxygens (including phenoxy) is 3. The highest BCUT2D eigenvalue weighted by atomic mass is 28.4. The van der Waals surface area contributed by atoms with Crippen LogP contribution >= 0.6 is 0 Å². The summed E-state index contributed by atoms with van der Waals surface area (Å²) < 4.78 is 34.4. The Hall–Kier alpha value is -3.42. The number of hydrogen-bond acceptors (Lipinski definition) is 8. The van der Waals surface area contributed by atoms with Crippen LogP contribution in [0, 0.1) is 29.1 Å². The van der Waals surface area contributed by atoms with E-state index in [2.05, 4.69) is 127 Å². The van der Waals surface area contributed by atoms with Crippen LogP contribution < -0.4 is 10.4 Å². The lowest BCUT2D eigenvalue weighted by Gasteiger charge is -2.54. The standard InChI is InChI=1S/C53H76O8Si2/c1-10-15-17-18-19-23-28-39-36-46-52(34-35-58-63(51(6,7)8,40-29-24-20-25-30-40)41-31-26-21-27-32-41)38-43(49(55)57-9)48(54)47-42(39)37-45(59-53(46,47)60-50(52)56)44(33-22-16-11-2)61-62(12-3,13-4)14-5/h10-11,15-16,20-21,24-27,29-32,36,39,42-45,47H,12-14,17-19,22-23,28,33-35,37-38H2,1-9H3/b15-10+,16-11+/t39-,42-,43?,44-,45+,47+,52-,53-/m0/s1. The topological polar surface area (TPSA) is 97.4 Å². The van der Waals surface area contributed by atoms with E-state index in [9.17, 15) is 4.79 Å². The Morgan fingerprint density at radius 1 is 0.889 bits per heavy atom. The molecule has 1 spiro atoms. The zero-order valence-electron chi connectivity index (χ0n) is 39.8. The smallest absolute Gasteiger partial charge is 0.319 e. The molecule has 2 aromatic carbocycles. The minimum atomic E-state index is -3.02.